The van der Waals surface area contributed by atoms with Crippen molar-refractivity contribution in [3.63, 3.8) is 0 Å². The van der Waals surface area contributed by atoms with E-state index in [4.69, 9.17) is 11.6 Å². The molecule has 0 aliphatic rings. The summed E-state index contributed by atoms with van der Waals surface area (Å²) in [6.45, 7) is 1.71. The maximum Gasteiger partial charge on any atom is 1.00 e. The number of hydrogen-bond donors (Lipinski definition) is 0. The van der Waals surface area contributed by atoms with Gasteiger partial charge in [-0.3, -0.25) is 4.21 Å². The van der Waals surface area contributed by atoms with Crippen LogP contribution in [-0.4, -0.2) is 8.76 Å². The second-order valence-corrected chi connectivity index (χ2v) is 3.41. The second-order valence-electron chi connectivity index (χ2n) is 2.12. The fourth-order valence-corrected chi connectivity index (χ4v) is 1.80. The van der Waals surface area contributed by atoms with Crippen LogP contribution in [0.1, 0.15) is 5.56 Å². The summed E-state index contributed by atoms with van der Waals surface area (Å²) in [5.74, 6) is 0. The molecule has 12 heavy (non-hydrogen) atoms. The summed E-state index contributed by atoms with van der Waals surface area (Å²) in [5, 5.41) is 0.276. The molecule has 0 saturated carbocycles. The molecule has 0 spiro atoms. The molecule has 1 atom stereocenters. The zero-order valence-corrected chi connectivity index (χ0v) is 10.4. The summed E-state index contributed by atoms with van der Waals surface area (Å²) < 4.78 is 21.1. The minimum absolute atomic E-state index is 0. The molecule has 0 bridgehead atoms. The van der Waals surface area contributed by atoms with Gasteiger partial charge in [0.25, 0.3) is 0 Å². The van der Waals surface area contributed by atoms with Gasteiger partial charge in [0.15, 0.2) is 0 Å². The molecule has 60 valence electrons. The average Bonchev–Trinajstić information content (AvgIpc) is 1.85. The molecule has 1 aromatic carbocycles. The second kappa shape index (κ2) is 5.37. The molecule has 0 aliphatic carbocycles. The van der Waals surface area contributed by atoms with Gasteiger partial charge in [-0.2, -0.15) is 0 Å². The van der Waals surface area contributed by atoms with Crippen LogP contribution in [0.4, 0.5) is 0 Å². The van der Waals surface area contributed by atoms with Crippen LogP contribution in [0.5, 0.6) is 0 Å². The Morgan fingerprint density at radius 2 is 2.08 bits per heavy atom. The fourth-order valence-electron chi connectivity index (χ4n) is 0.828. The Labute approximate surface area is 101 Å². The van der Waals surface area contributed by atoms with Gasteiger partial charge in [0.2, 0.25) is 0 Å². The minimum Gasteiger partial charge on any atom is -0.768 e. The van der Waals surface area contributed by atoms with E-state index in [0.717, 1.165) is 0 Å². The van der Waals surface area contributed by atoms with E-state index < -0.39 is 11.1 Å². The van der Waals surface area contributed by atoms with Crippen LogP contribution in [0, 0.1) is 6.92 Å². The number of rotatable bonds is 1. The van der Waals surface area contributed by atoms with E-state index in [2.05, 4.69) is 0 Å². The Morgan fingerprint density at radius 1 is 1.50 bits per heavy atom. The van der Waals surface area contributed by atoms with E-state index in [-0.39, 0.29) is 39.5 Å². The summed E-state index contributed by atoms with van der Waals surface area (Å²) in [5.41, 5.74) is 0.672. The van der Waals surface area contributed by atoms with E-state index >= 15 is 0 Å². The van der Waals surface area contributed by atoms with Crippen LogP contribution in [0.15, 0.2) is 23.1 Å². The van der Waals surface area contributed by atoms with Crippen LogP contribution in [0.3, 0.4) is 0 Å². The van der Waals surface area contributed by atoms with E-state index in [1.807, 2.05) is 0 Å². The van der Waals surface area contributed by atoms with Gasteiger partial charge in [0.1, 0.15) is 0 Å². The normalized spacial score (nSPS) is 11.9. The molecule has 2 nitrogen and oxygen atoms in total. The van der Waals surface area contributed by atoms with Crippen molar-refractivity contribution in [1.82, 2.24) is 0 Å². The first-order valence-electron chi connectivity index (χ1n) is 2.97. The Hall–Kier alpha value is 0.620. The molecule has 0 amide bonds. The van der Waals surface area contributed by atoms with Crippen LogP contribution in [0.2, 0.25) is 5.02 Å². The van der Waals surface area contributed by atoms with Crippen molar-refractivity contribution >= 4 is 22.7 Å². The minimum atomic E-state index is -2.23. The molecular weight excluding hydrogens is 207 g/mol. The van der Waals surface area contributed by atoms with Gasteiger partial charge in [-0.15, -0.1) is 0 Å². The van der Waals surface area contributed by atoms with Crippen LogP contribution >= 0.6 is 11.6 Å². The monoisotopic (exact) mass is 212 g/mol. The number of aryl methyl sites for hydroxylation is 1. The Morgan fingerprint density at radius 3 is 2.42 bits per heavy atom. The molecule has 1 rings (SSSR count). The van der Waals surface area contributed by atoms with Crippen molar-refractivity contribution in [3.05, 3.63) is 28.8 Å². The van der Waals surface area contributed by atoms with E-state index in [1.165, 1.54) is 0 Å². The molecule has 0 fully saturated rings. The topological polar surface area (TPSA) is 40.1 Å². The summed E-state index contributed by atoms with van der Waals surface area (Å²) in [7, 11) is 0. The molecule has 0 aromatic heterocycles. The van der Waals surface area contributed by atoms with E-state index in [0.29, 0.717) is 5.56 Å². The molecule has 5 heteroatoms. The first-order valence-corrected chi connectivity index (χ1v) is 4.42. The predicted molar refractivity (Wildman–Crippen MR) is 43.4 cm³/mol. The summed E-state index contributed by atoms with van der Waals surface area (Å²) in [6.07, 6.45) is 0. The standard InChI is InChI=1S/C7H7ClO2S.Na/c1-5-3-2-4-6(8)7(5)11(9)10;/h2-4H,1H3,(H,9,10);/q;+1/p-1. The molecule has 0 N–H and O–H groups in total. The largest absolute Gasteiger partial charge is 1.00 e. The number of halogens is 1. The molecular formula is C7H6ClNaO2S. The molecule has 1 aromatic rings. The summed E-state index contributed by atoms with van der Waals surface area (Å²) in [6, 6.07) is 4.98. The van der Waals surface area contributed by atoms with E-state index in [9.17, 15) is 8.76 Å². The SMILES string of the molecule is Cc1cccc(Cl)c1S(=O)[O-].[Na+]. The van der Waals surface area contributed by atoms with Crippen LogP contribution < -0.4 is 29.6 Å². The van der Waals surface area contributed by atoms with Gasteiger partial charge in [-0.25, -0.2) is 0 Å². The van der Waals surface area contributed by atoms with Crippen molar-refractivity contribution in [2.75, 3.05) is 0 Å². The summed E-state index contributed by atoms with van der Waals surface area (Å²) in [4.78, 5) is 0.189. The molecule has 0 heterocycles. The molecule has 0 aliphatic heterocycles. The van der Waals surface area contributed by atoms with Gasteiger partial charge in [0.05, 0.1) is 5.02 Å². The molecule has 1 unspecified atom stereocenters. The van der Waals surface area contributed by atoms with Crippen molar-refractivity contribution in [2.45, 2.75) is 11.8 Å². The molecule has 0 saturated heterocycles. The smallest absolute Gasteiger partial charge is 0.768 e. The van der Waals surface area contributed by atoms with Crippen LogP contribution in [-0.2, 0) is 11.1 Å². The Bertz CT molecular complexity index is 283. The zero-order chi connectivity index (χ0) is 8.43. The quantitative estimate of drug-likeness (QED) is 0.438. The zero-order valence-electron chi connectivity index (χ0n) is 6.83. The Kier molecular flexibility index (Phi) is 5.65. The van der Waals surface area contributed by atoms with E-state index in [1.54, 1.807) is 25.1 Å². The number of hydrogen-bond acceptors (Lipinski definition) is 2. The third kappa shape index (κ3) is 2.83. The first kappa shape index (κ1) is 12.6. The van der Waals surface area contributed by atoms with Crippen molar-refractivity contribution in [3.8, 4) is 0 Å². The van der Waals surface area contributed by atoms with Gasteiger partial charge in [0, 0.05) is 4.90 Å². The maximum atomic E-state index is 10.6. The summed E-state index contributed by atoms with van der Waals surface area (Å²) >= 11 is 3.40. The first-order chi connectivity index (χ1) is 5.13. The average molecular weight is 213 g/mol. The number of benzene rings is 1. The van der Waals surface area contributed by atoms with Gasteiger partial charge < -0.3 is 4.55 Å². The van der Waals surface area contributed by atoms with Crippen molar-refractivity contribution in [1.29, 1.82) is 0 Å². The Balaban J connectivity index is 0.00000121. The molecule has 0 radical (unpaired) electrons. The van der Waals surface area contributed by atoms with Crippen molar-refractivity contribution < 1.29 is 38.3 Å². The van der Waals surface area contributed by atoms with Crippen molar-refractivity contribution in [2.24, 2.45) is 0 Å². The predicted octanol–water partition coefficient (Wildman–Crippen LogP) is -1.11. The van der Waals surface area contributed by atoms with Crippen LogP contribution in [0.25, 0.3) is 0 Å². The third-order valence-corrected chi connectivity index (χ3v) is 2.63. The van der Waals surface area contributed by atoms with Gasteiger partial charge in [-0.05, 0) is 29.6 Å². The third-order valence-electron chi connectivity index (χ3n) is 1.33. The van der Waals surface area contributed by atoms with Gasteiger partial charge >= 0.3 is 29.6 Å². The fraction of sp³-hybridized carbons (Fsp3) is 0.143. The van der Waals surface area contributed by atoms with Gasteiger partial charge in [-0.1, -0.05) is 23.7 Å². The maximum absolute atomic E-state index is 10.6.